The Morgan fingerprint density at radius 3 is 2.55 bits per heavy atom. The van der Waals surface area contributed by atoms with Gasteiger partial charge in [-0.15, -0.1) is 0 Å². The molecule has 2 fully saturated rings. The van der Waals surface area contributed by atoms with Gasteiger partial charge in [0.25, 0.3) is 5.91 Å². The molecule has 196 valence electrons. The van der Waals surface area contributed by atoms with E-state index in [0.29, 0.717) is 27.9 Å². The molecule has 2 saturated heterocycles. The van der Waals surface area contributed by atoms with Crippen molar-refractivity contribution >= 4 is 46.2 Å². The maximum atomic E-state index is 13.3. The number of carbonyl (C=O) groups is 2. The van der Waals surface area contributed by atoms with Crippen LogP contribution in [-0.2, 0) is 9.59 Å². The van der Waals surface area contributed by atoms with Crippen molar-refractivity contribution in [2.45, 2.75) is 25.7 Å². The first kappa shape index (κ1) is 26.1. The van der Waals surface area contributed by atoms with Crippen LogP contribution in [0.2, 0.25) is 0 Å². The summed E-state index contributed by atoms with van der Waals surface area (Å²) in [5, 5.41) is 6.00. The minimum atomic E-state index is -0.348. The Kier molecular flexibility index (Phi) is 8.21. The monoisotopic (exact) mass is 547 g/mol. The van der Waals surface area contributed by atoms with Crippen LogP contribution < -0.4 is 10.2 Å². The zero-order valence-electron chi connectivity index (χ0n) is 21.1. The van der Waals surface area contributed by atoms with Crippen molar-refractivity contribution in [2.24, 2.45) is 0 Å². The highest BCUT2D eigenvalue weighted by atomic mass is 32.2. The minimum Gasteiger partial charge on any atom is -0.497 e. The SMILES string of the molecule is COc1ccc(-c2nn(-c3ccccc3)cc2C=C2SC(=S)N(NC(=O)CCN3CCCCC3)C2=O)cc1. The quantitative estimate of drug-likeness (QED) is 0.325. The molecule has 1 N–H and O–H groups in total. The van der Waals surface area contributed by atoms with Crippen molar-refractivity contribution in [3.8, 4) is 22.7 Å². The standard InChI is InChI=1S/C28H29N5O3S2/c1-36-23-12-10-20(11-13-23)26-21(19-32(30-26)22-8-4-2-5-9-22)18-24-27(35)33(28(37)38-24)29-25(34)14-17-31-15-6-3-7-16-31/h2,4-5,8-13,18-19H,3,6-7,14-17H2,1H3,(H,29,34). The molecule has 2 aliphatic heterocycles. The van der Waals surface area contributed by atoms with Crippen molar-refractivity contribution in [2.75, 3.05) is 26.7 Å². The van der Waals surface area contributed by atoms with Gasteiger partial charge in [0.2, 0.25) is 5.91 Å². The molecule has 5 rings (SSSR count). The number of hydrogen-bond acceptors (Lipinski definition) is 7. The van der Waals surface area contributed by atoms with E-state index >= 15 is 0 Å². The minimum absolute atomic E-state index is 0.219. The number of likely N-dealkylation sites (tertiary alicyclic amines) is 1. The second-order valence-electron chi connectivity index (χ2n) is 9.15. The molecule has 2 aromatic carbocycles. The first-order valence-corrected chi connectivity index (χ1v) is 13.8. The van der Waals surface area contributed by atoms with Crippen LogP contribution in [0.15, 0.2) is 65.7 Å². The predicted molar refractivity (Wildman–Crippen MR) is 154 cm³/mol. The van der Waals surface area contributed by atoms with Gasteiger partial charge in [0, 0.05) is 30.3 Å². The van der Waals surface area contributed by atoms with Gasteiger partial charge in [-0.25, -0.2) is 4.68 Å². The lowest BCUT2D eigenvalue weighted by Gasteiger charge is -2.26. The predicted octanol–water partition coefficient (Wildman–Crippen LogP) is 4.66. The Hall–Kier alpha value is -3.47. The molecule has 10 heteroatoms. The van der Waals surface area contributed by atoms with E-state index in [-0.39, 0.29) is 11.8 Å². The third-order valence-electron chi connectivity index (χ3n) is 6.55. The molecule has 3 heterocycles. The third-order valence-corrected chi connectivity index (χ3v) is 7.85. The Morgan fingerprint density at radius 2 is 1.84 bits per heavy atom. The number of aromatic nitrogens is 2. The number of piperidine rings is 1. The smallest absolute Gasteiger partial charge is 0.285 e. The van der Waals surface area contributed by atoms with Crippen LogP contribution >= 0.6 is 24.0 Å². The number of hydrazine groups is 1. The Morgan fingerprint density at radius 1 is 1.11 bits per heavy atom. The largest absolute Gasteiger partial charge is 0.497 e. The van der Waals surface area contributed by atoms with Crippen LogP contribution in [0.3, 0.4) is 0 Å². The summed E-state index contributed by atoms with van der Waals surface area (Å²) in [6, 6.07) is 17.4. The maximum Gasteiger partial charge on any atom is 0.285 e. The summed E-state index contributed by atoms with van der Waals surface area (Å²) in [6.07, 6.45) is 7.57. The zero-order valence-corrected chi connectivity index (χ0v) is 22.8. The Labute approximate surface area is 231 Å². The summed E-state index contributed by atoms with van der Waals surface area (Å²) in [5.74, 6) is 0.179. The van der Waals surface area contributed by atoms with E-state index in [0.717, 1.165) is 35.7 Å². The number of carbonyl (C=O) groups excluding carboxylic acids is 2. The molecular weight excluding hydrogens is 518 g/mol. The third kappa shape index (κ3) is 5.98. The summed E-state index contributed by atoms with van der Waals surface area (Å²) in [5.41, 5.74) is 5.96. The van der Waals surface area contributed by atoms with Crippen molar-refractivity contribution in [1.82, 2.24) is 25.1 Å². The summed E-state index contributed by atoms with van der Waals surface area (Å²) in [4.78, 5) is 28.6. The molecule has 0 bridgehead atoms. The number of thiocarbonyl (C=S) groups is 1. The van der Waals surface area contributed by atoms with Crippen LogP contribution in [0, 0.1) is 0 Å². The normalized spacial score (nSPS) is 17.3. The van der Waals surface area contributed by atoms with Crippen LogP contribution in [0.25, 0.3) is 23.0 Å². The molecule has 0 unspecified atom stereocenters. The van der Waals surface area contributed by atoms with E-state index in [1.165, 1.54) is 36.0 Å². The van der Waals surface area contributed by atoms with Gasteiger partial charge < -0.3 is 9.64 Å². The van der Waals surface area contributed by atoms with Gasteiger partial charge in [0.15, 0.2) is 4.32 Å². The molecule has 0 atom stereocenters. The maximum absolute atomic E-state index is 13.3. The number of nitrogens with one attached hydrogen (secondary N) is 1. The fourth-order valence-corrected chi connectivity index (χ4v) is 5.68. The van der Waals surface area contributed by atoms with Gasteiger partial charge in [-0.1, -0.05) is 36.4 Å². The molecule has 8 nitrogen and oxygen atoms in total. The topological polar surface area (TPSA) is 79.7 Å². The van der Waals surface area contributed by atoms with Crippen LogP contribution in [0.5, 0.6) is 5.75 Å². The number of ether oxygens (including phenoxy) is 1. The number of rotatable bonds is 8. The highest BCUT2D eigenvalue weighted by molar-refractivity contribution is 8.26. The van der Waals surface area contributed by atoms with Gasteiger partial charge in [0.1, 0.15) is 5.75 Å². The van der Waals surface area contributed by atoms with Gasteiger partial charge >= 0.3 is 0 Å². The number of para-hydroxylation sites is 1. The molecule has 0 spiro atoms. The number of thioether (sulfide) groups is 1. The molecule has 1 aromatic heterocycles. The van der Waals surface area contributed by atoms with Crippen molar-refractivity contribution in [3.05, 3.63) is 71.3 Å². The average Bonchev–Trinajstić information content (AvgIpc) is 3.49. The van der Waals surface area contributed by atoms with Gasteiger partial charge in [0.05, 0.1) is 23.4 Å². The van der Waals surface area contributed by atoms with E-state index in [1.54, 1.807) is 17.9 Å². The Bertz CT molecular complexity index is 1350. The van der Waals surface area contributed by atoms with E-state index in [1.807, 2.05) is 60.8 Å². The van der Waals surface area contributed by atoms with Crippen molar-refractivity contribution in [1.29, 1.82) is 0 Å². The fourth-order valence-electron chi connectivity index (χ4n) is 4.51. The van der Waals surface area contributed by atoms with E-state index in [4.69, 9.17) is 22.1 Å². The lowest BCUT2D eigenvalue weighted by atomic mass is 10.1. The van der Waals surface area contributed by atoms with E-state index < -0.39 is 0 Å². The van der Waals surface area contributed by atoms with Gasteiger partial charge in [-0.05, 0) is 80.6 Å². The fraction of sp³-hybridized carbons (Fsp3) is 0.286. The highest BCUT2D eigenvalue weighted by Crippen LogP contribution is 2.34. The van der Waals surface area contributed by atoms with Crippen LogP contribution in [0.4, 0.5) is 0 Å². The van der Waals surface area contributed by atoms with E-state index in [9.17, 15) is 9.59 Å². The first-order valence-electron chi connectivity index (χ1n) is 12.6. The summed E-state index contributed by atoms with van der Waals surface area (Å²) in [7, 11) is 1.62. The number of hydrogen-bond donors (Lipinski definition) is 1. The molecule has 0 aliphatic carbocycles. The first-order chi connectivity index (χ1) is 18.5. The highest BCUT2D eigenvalue weighted by Gasteiger charge is 2.34. The molecule has 2 aliphatic rings. The van der Waals surface area contributed by atoms with Crippen LogP contribution in [-0.4, -0.2) is 62.6 Å². The molecule has 0 radical (unpaired) electrons. The molecule has 3 aromatic rings. The molecule has 0 saturated carbocycles. The number of benzene rings is 2. The Balaban J connectivity index is 1.36. The summed E-state index contributed by atoms with van der Waals surface area (Å²) in [6.45, 7) is 2.72. The lowest BCUT2D eigenvalue weighted by molar-refractivity contribution is -0.133. The number of methoxy groups -OCH3 is 1. The zero-order chi connectivity index (χ0) is 26.5. The average molecular weight is 548 g/mol. The van der Waals surface area contributed by atoms with Crippen molar-refractivity contribution in [3.63, 3.8) is 0 Å². The summed E-state index contributed by atoms with van der Waals surface area (Å²) >= 11 is 6.61. The molecule has 38 heavy (non-hydrogen) atoms. The summed E-state index contributed by atoms with van der Waals surface area (Å²) < 4.78 is 7.38. The van der Waals surface area contributed by atoms with Crippen LogP contribution in [0.1, 0.15) is 31.2 Å². The second kappa shape index (κ2) is 11.9. The lowest BCUT2D eigenvalue weighted by Crippen LogP contribution is -2.46. The van der Waals surface area contributed by atoms with Gasteiger partial charge in [-0.2, -0.15) is 10.1 Å². The molecule has 2 amide bonds. The second-order valence-corrected chi connectivity index (χ2v) is 10.8. The number of amides is 2. The number of nitrogens with zero attached hydrogens (tertiary/aromatic N) is 4. The van der Waals surface area contributed by atoms with E-state index in [2.05, 4.69) is 10.3 Å². The van der Waals surface area contributed by atoms with Gasteiger partial charge in [-0.3, -0.25) is 15.0 Å². The molecular formula is C28H29N5O3S2. The van der Waals surface area contributed by atoms with Crippen molar-refractivity contribution < 1.29 is 14.3 Å².